The number of likely N-dealkylation sites (tertiary alicyclic amines) is 1. The maximum absolute atomic E-state index is 12.5. The molecule has 5 heteroatoms. The summed E-state index contributed by atoms with van der Waals surface area (Å²) in [6, 6.07) is 0. The summed E-state index contributed by atoms with van der Waals surface area (Å²) >= 11 is 0. The summed E-state index contributed by atoms with van der Waals surface area (Å²) < 4.78 is 0. The van der Waals surface area contributed by atoms with Crippen LogP contribution in [-0.4, -0.2) is 83.7 Å². The summed E-state index contributed by atoms with van der Waals surface area (Å²) in [5, 5.41) is 10.5. The third kappa shape index (κ3) is 5.73. The Balaban J connectivity index is 1.72. The molecule has 0 saturated carbocycles. The molecule has 2 aliphatic rings. The molecule has 134 valence electrons. The fourth-order valence-corrected chi connectivity index (χ4v) is 3.61. The highest BCUT2D eigenvalue weighted by atomic mass is 16.3. The average molecular weight is 325 g/mol. The van der Waals surface area contributed by atoms with Gasteiger partial charge in [-0.25, -0.2) is 0 Å². The zero-order valence-corrected chi connectivity index (χ0v) is 15.1. The van der Waals surface area contributed by atoms with Gasteiger partial charge in [0.15, 0.2) is 0 Å². The van der Waals surface area contributed by atoms with E-state index >= 15 is 0 Å². The predicted molar refractivity (Wildman–Crippen MR) is 93.5 cm³/mol. The van der Waals surface area contributed by atoms with E-state index in [4.69, 9.17) is 0 Å². The van der Waals surface area contributed by atoms with E-state index in [0.717, 1.165) is 71.5 Å². The van der Waals surface area contributed by atoms with Crippen LogP contribution >= 0.6 is 0 Å². The van der Waals surface area contributed by atoms with Crippen molar-refractivity contribution < 1.29 is 9.90 Å². The van der Waals surface area contributed by atoms with Crippen molar-refractivity contribution in [2.45, 2.75) is 58.0 Å². The maximum Gasteiger partial charge on any atom is 0.236 e. The molecular formula is C18H35N3O2. The Kier molecular flexibility index (Phi) is 7.31. The van der Waals surface area contributed by atoms with Crippen LogP contribution in [0, 0.1) is 0 Å². The summed E-state index contributed by atoms with van der Waals surface area (Å²) in [5.74, 6) is 0.305. The predicted octanol–water partition coefficient (Wildman–Crippen LogP) is 1.56. The van der Waals surface area contributed by atoms with E-state index in [0.29, 0.717) is 12.5 Å². The van der Waals surface area contributed by atoms with E-state index in [1.165, 1.54) is 12.8 Å². The Morgan fingerprint density at radius 2 is 1.39 bits per heavy atom. The number of hydrogen-bond acceptors (Lipinski definition) is 4. The SMILES string of the molecule is CCC(O)(CC)CN1CCN(CC(=O)N2CCCCCC2)CC1. The highest BCUT2D eigenvalue weighted by Crippen LogP contribution is 2.17. The Morgan fingerprint density at radius 1 is 0.870 bits per heavy atom. The second-order valence-electron chi connectivity index (χ2n) is 7.28. The molecule has 0 atom stereocenters. The molecule has 0 unspecified atom stereocenters. The second kappa shape index (κ2) is 9.00. The highest BCUT2D eigenvalue weighted by molar-refractivity contribution is 5.78. The quantitative estimate of drug-likeness (QED) is 0.805. The summed E-state index contributed by atoms with van der Waals surface area (Å²) in [7, 11) is 0. The minimum absolute atomic E-state index is 0.305. The van der Waals surface area contributed by atoms with Crippen LogP contribution in [0.2, 0.25) is 0 Å². The van der Waals surface area contributed by atoms with Crippen LogP contribution < -0.4 is 0 Å². The van der Waals surface area contributed by atoms with Crippen molar-refractivity contribution in [2.24, 2.45) is 0 Å². The molecule has 0 bridgehead atoms. The van der Waals surface area contributed by atoms with Gasteiger partial charge in [-0.15, -0.1) is 0 Å². The van der Waals surface area contributed by atoms with Crippen molar-refractivity contribution in [2.75, 3.05) is 52.4 Å². The van der Waals surface area contributed by atoms with Gasteiger partial charge in [-0.2, -0.15) is 0 Å². The van der Waals surface area contributed by atoms with E-state index in [1.807, 2.05) is 0 Å². The molecule has 0 aliphatic carbocycles. The number of carbonyl (C=O) groups excluding carboxylic acids is 1. The van der Waals surface area contributed by atoms with Gasteiger partial charge in [0.2, 0.25) is 5.91 Å². The van der Waals surface area contributed by atoms with Gasteiger partial charge in [0.05, 0.1) is 12.1 Å². The van der Waals surface area contributed by atoms with Crippen LogP contribution in [-0.2, 0) is 4.79 Å². The molecule has 1 amide bonds. The molecule has 0 aromatic carbocycles. The number of rotatable bonds is 6. The van der Waals surface area contributed by atoms with Crippen LogP contribution in [0.3, 0.4) is 0 Å². The molecule has 2 saturated heterocycles. The number of nitrogens with zero attached hydrogens (tertiary/aromatic N) is 3. The first-order chi connectivity index (χ1) is 11.1. The van der Waals surface area contributed by atoms with Gasteiger partial charge in [-0.3, -0.25) is 14.6 Å². The molecule has 23 heavy (non-hydrogen) atoms. The number of amides is 1. The molecule has 0 aromatic rings. The smallest absolute Gasteiger partial charge is 0.236 e. The number of β-amino-alcohol motifs (C(OH)–C–C–N with tert-alkyl or cyclic N) is 1. The molecule has 0 spiro atoms. The standard InChI is InChI=1S/C18H35N3O2/c1-3-18(23,4-2)16-20-13-11-19(12-14-20)15-17(22)21-9-7-5-6-8-10-21/h23H,3-16H2,1-2H3. The van der Waals surface area contributed by atoms with Crippen molar-refractivity contribution in [3.8, 4) is 0 Å². The van der Waals surface area contributed by atoms with E-state index in [9.17, 15) is 9.90 Å². The van der Waals surface area contributed by atoms with Crippen LogP contribution in [0.25, 0.3) is 0 Å². The number of piperazine rings is 1. The maximum atomic E-state index is 12.5. The summed E-state index contributed by atoms with van der Waals surface area (Å²) in [4.78, 5) is 19.1. The van der Waals surface area contributed by atoms with E-state index in [2.05, 4.69) is 28.5 Å². The zero-order chi connectivity index (χ0) is 16.7. The van der Waals surface area contributed by atoms with Crippen LogP contribution in [0.4, 0.5) is 0 Å². The molecule has 0 radical (unpaired) electrons. The molecular weight excluding hydrogens is 290 g/mol. The highest BCUT2D eigenvalue weighted by Gasteiger charge is 2.28. The topological polar surface area (TPSA) is 47.0 Å². The zero-order valence-electron chi connectivity index (χ0n) is 15.1. The molecule has 1 N–H and O–H groups in total. The van der Waals surface area contributed by atoms with E-state index in [1.54, 1.807) is 0 Å². The minimum atomic E-state index is -0.552. The van der Waals surface area contributed by atoms with Crippen molar-refractivity contribution in [3.05, 3.63) is 0 Å². The van der Waals surface area contributed by atoms with Crippen LogP contribution in [0.5, 0.6) is 0 Å². The third-order valence-electron chi connectivity index (χ3n) is 5.62. The van der Waals surface area contributed by atoms with Gasteiger partial charge in [-0.05, 0) is 25.7 Å². The first-order valence-corrected chi connectivity index (χ1v) is 9.51. The van der Waals surface area contributed by atoms with Crippen LogP contribution in [0.15, 0.2) is 0 Å². The number of carbonyl (C=O) groups is 1. The molecule has 5 nitrogen and oxygen atoms in total. The average Bonchev–Trinajstić information content (AvgIpc) is 2.86. The largest absolute Gasteiger partial charge is 0.389 e. The van der Waals surface area contributed by atoms with E-state index in [-0.39, 0.29) is 0 Å². The first-order valence-electron chi connectivity index (χ1n) is 9.51. The Labute approximate surface area is 141 Å². The lowest BCUT2D eigenvalue weighted by atomic mass is 9.96. The Bertz CT molecular complexity index is 355. The first kappa shape index (κ1) is 18.7. The van der Waals surface area contributed by atoms with Gasteiger partial charge in [-0.1, -0.05) is 26.7 Å². The van der Waals surface area contributed by atoms with Crippen molar-refractivity contribution >= 4 is 5.91 Å². The molecule has 2 heterocycles. The monoisotopic (exact) mass is 325 g/mol. The molecule has 2 aliphatic heterocycles. The van der Waals surface area contributed by atoms with E-state index < -0.39 is 5.60 Å². The lowest BCUT2D eigenvalue weighted by Crippen LogP contribution is -2.53. The third-order valence-corrected chi connectivity index (χ3v) is 5.62. The summed E-state index contributed by atoms with van der Waals surface area (Å²) in [6.45, 7) is 11.1. The fourth-order valence-electron chi connectivity index (χ4n) is 3.61. The lowest BCUT2D eigenvalue weighted by Gasteiger charge is -2.39. The van der Waals surface area contributed by atoms with Crippen LogP contribution in [0.1, 0.15) is 52.4 Å². The second-order valence-corrected chi connectivity index (χ2v) is 7.28. The normalized spacial score (nSPS) is 22.1. The van der Waals surface area contributed by atoms with Crippen molar-refractivity contribution in [1.82, 2.24) is 14.7 Å². The number of hydrogen-bond donors (Lipinski definition) is 1. The molecule has 2 fully saturated rings. The van der Waals surface area contributed by atoms with Gasteiger partial charge >= 0.3 is 0 Å². The lowest BCUT2D eigenvalue weighted by molar-refractivity contribution is -0.133. The Morgan fingerprint density at radius 3 is 1.91 bits per heavy atom. The van der Waals surface area contributed by atoms with Gasteiger partial charge in [0.25, 0.3) is 0 Å². The van der Waals surface area contributed by atoms with Gasteiger partial charge in [0.1, 0.15) is 0 Å². The van der Waals surface area contributed by atoms with Gasteiger partial charge in [0, 0.05) is 45.8 Å². The molecule has 0 aromatic heterocycles. The minimum Gasteiger partial charge on any atom is -0.389 e. The van der Waals surface area contributed by atoms with Gasteiger partial charge < -0.3 is 10.0 Å². The Hall–Kier alpha value is -0.650. The summed E-state index contributed by atoms with van der Waals surface area (Å²) in [5.41, 5.74) is -0.552. The van der Waals surface area contributed by atoms with Crippen molar-refractivity contribution in [1.29, 1.82) is 0 Å². The number of aliphatic hydroxyl groups is 1. The van der Waals surface area contributed by atoms with Crippen molar-refractivity contribution in [3.63, 3.8) is 0 Å². The summed E-state index contributed by atoms with van der Waals surface area (Å²) in [6.07, 6.45) is 6.45. The fraction of sp³-hybridized carbons (Fsp3) is 0.944. The molecule has 2 rings (SSSR count).